The van der Waals surface area contributed by atoms with Crippen LogP contribution in [-0.2, 0) is 6.61 Å². The predicted molar refractivity (Wildman–Crippen MR) is 76.1 cm³/mol. The summed E-state index contributed by atoms with van der Waals surface area (Å²) in [4.78, 5) is 21.6. The van der Waals surface area contributed by atoms with Crippen molar-refractivity contribution in [2.24, 2.45) is 0 Å². The van der Waals surface area contributed by atoms with E-state index in [0.29, 0.717) is 17.1 Å². The predicted octanol–water partition coefficient (Wildman–Crippen LogP) is 2.78. The molecule has 0 aliphatic heterocycles. The molecule has 0 bridgehead atoms. The Balaban J connectivity index is 2.14. The summed E-state index contributed by atoms with van der Waals surface area (Å²) < 4.78 is 10.8. The van der Waals surface area contributed by atoms with Crippen LogP contribution in [0.3, 0.4) is 0 Å². The van der Waals surface area contributed by atoms with Crippen LogP contribution in [0.2, 0.25) is 0 Å². The summed E-state index contributed by atoms with van der Waals surface area (Å²) in [5, 5.41) is 8.94. The third-order valence-electron chi connectivity index (χ3n) is 2.89. The molecule has 0 unspecified atom stereocenters. The van der Waals surface area contributed by atoms with Gasteiger partial charge >= 0.3 is 5.97 Å². The lowest BCUT2D eigenvalue weighted by Gasteiger charge is -2.11. The molecular weight excluding hydrogens is 272 g/mol. The molecule has 21 heavy (non-hydrogen) atoms. The van der Waals surface area contributed by atoms with Crippen LogP contribution < -0.4 is 9.47 Å². The minimum absolute atomic E-state index is 0.206. The van der Waals surface area contributed by atoms with Gasteiger partial charge in [-0.1, -0.05) is 12.1 Å². The third-order valence-corrected chi connectivity index (χ3v) is 2.89. The van der Waals surface area contributed by atoms with Gasteiger partial charge in [0.15, 0.2) is 11.5 Å². The Labute approximate surface area is 121 Å². The molecule has 0 saturated carbocycles. The Morgan fingerprint density at radius 1 is 1.19 bits per heavy atom. The van der Waals surface area contributed by atoms with Gasteiger partial charge in [0, 0.05) is 5.56 Å². The van der Waals surface area contributed by atoms with Crippen molar-refractivity contribution in [2.75, 3.05) is 7.11 Å². The van der Waals surface area contributed by atoms with Crippen molar-refractivity contribution in [1.82, 2.24) is 0 Å². The van der Waals surface area contributed by atoms with Crippen LogP contribution in [0.15, 0.2) is 42.5 Å². The van der Waals surface area contributed by atoms with Gasteiger partial charge < -0.3 is 14.6 Å². The summed E-state index contributed by atoms with van der Waals surface area (Å²) in [6.45, 7) is 0.206. The maximum Gasteiger partial charge on any atom is 0.335 e. The number of aromatic carboxylic acids is 1. The molecule has 5 heteroatoms. The van der Waals surface area contributed by atoms with Crippen molar-refractivity contribution in [1.29, 1.82) is 0 Å². The number of hydrogen-bond donors (Lipinski definition) is 1. The number of carboxylic acid groups (broad SMARTS) is 1. The van der Waals surface area contributed by atoms with E-state index in [2.05, 4.69) is 0 Å². The van der Waals surface area contributed by atoms with E-state index in [1.165, 1.54) is 13.2 Å². The number of carbonyl (C=O) groups is 2. The number of hydrogen-bond acceptors (Lipinski definition) is 4. The second-order valence-corrected chi connectivity index (χ2v) is 4.32. The Bertz CT molecular complexity index is 663. The van der Waals surface area contributed by atoms with Crippen LogP contribution in [0.25, 0.3) is 0 Å². The highest BCUT2D eigenvalue weighted by Gasteiger charge is 2.07. The average Bonchev–Trinajstić information content (AvgIpc) is 2.53. The van der Waals surface area contributed by atoms with Crippen molar-refractivity contribution in [3.05, 3.63) is 59.2 Å². The van der Waals surface area contributed by atoms with Crippen LogP contribution in [0.4, 0.5) is 0 Å². The highest BCUT2D eigenvalue weighted by molar-refractivity contribution is 5.87. The minimum atomic E-state index is -0.982. The Morgan fingerprint density at radius 2 is 2.00 bits per heavy atom. The number of methoxy groups -OCH3 is 1. The van der Waals surface area contributed by atoms with Crippen molar-refractivity contribution < 1.29 is 24.2 Å². The van der Waals surface area contributed by atoms with Crippen molar-refractivity contribution >= 4 is 12.3 Å². The van der Waals surface area contributed by atoms with E-state index in [4.69, 9.17) is 14.6 Å². The molecule has 0 saturated heterocycles. The van der Waals surface area contributed by atoms with Gasteiger partial charge in [-0.3, -0.25) is 4.79 Å². The molecule has 0 aliphatic rings. The van der Waals surface area contributed by atoms with E-state index in [-0.39, 0.29) is 12.2 Å². The molecule has 2 aromatic rings. The molecule has 0 radical (unpaired) electrons. The summed E-state index contributed by atoms with van der Waals surface area (Å²) in [6.07, 6.45) is 0.725. The number of carboxylic acids is 1. The number of carbonyl (C=O) groups excluding carboxylic acids is 1. The summed E-state index contributed by atoms with van der Waals surface area (Å²) in [6, 6.07) is 11.4. The second kappa shape index (κ2) is 6.56. The van der Waals surface area contributed by atoms with Gasteiger partial charge in [0.2, 0.25) is 0 Å². The Kier molecular flexibility index (Phi) is 4.56. The third kappa shape index (κ3) is 3.60. The first-order chi connectivity index (χ1) is 10.1. The zero-order valence-electron chi connectivity index (χ0n) is 11.4. The topological polar surface area (TPSA) is 72.8 Å². The summed E-state index contributed by atoms with van der Waals surface area (Å²) in [7, 11) is 1.49. The Hall–Kier alpha value is -2.82. The fraction of sp³-hybridized carbons (Fsp3) is 0.125. The zero-order chi connectivity index (χ0) is 15.2. The second-order valence-electron chi connectivity index (χ2n) is 4.32. The molecule has 2 aromatic carbocycles. The maximum atomic E-state index is 10.9. The molecule has 0 fully saturated rings. The van der Waals surface area contributed by atoms with E-state index in [1.54, 1.807) is 36.4 Å². The van der Waals surface area contributed by atoms with E-state index in [1.807, 2.05) is 0 Å². The van der Waals surface area contributed by atoms with Gasteiger partial charge in [-0.05, 0) is 35.9 Å². The van der Waals surface area contributed by atoms with Crippen molar-refractivity contribution in [2.45, 2.75) is 6.61 Å². The lowest BCUT2D eigenvalue weighted by Crippen LogP contribution is -2.01. The summed E-state index contributed by atoms with van der Waals surface area (Å²) >= 11 is 0. The highest BCUT2D eigenvalue weighted by Crippen LogP contribution is 2.28. The molecule has 0 atom stereocenters. The smallest absolute Gasteiger partial charge is 0.335 e. The minimum Gasteiger partial charge on any atom is -0.493 e. The van der Waals surface area contributed by atoms with Gasteiger partial charge in [-0.25, -0.2) is 4.79 Å². The maximum absolute atomic E-state index is 10.9. The molecule has 0 amide bonds. The fourth-order valence-corrected chi connectivity index (χ4v) is 1.83. The standard InChI is InChI=1S/C16H14O5/c1-20-15-8-11(9-17)5-6-14(15)21-10-12-3-2-4-13(7-12)16(18)19/h2-9H,10H2,1H3,(H,18,19). The normalized spacial score (nSPS) is 9.95. The molecule has 0 heterocycles. The molecular formula is C16H14O5. The highest BCUT2D eigenvalue weighted by atomic mass is 16.5. The van der Waals surface area contributed by atoms with Crippen LogP contribution in [-0.4, -0.2) is 24.5 Å². The van der Waals surface area contributed by atoms with Crippen LogP contribution in [0, 0.1) is 0 Å². The largest absolute Gasteiger partial charge is 0.493 e. The monoisotopic (exact) mass is 286 g/mol. The molecule has 2 rings (SSSR count). The van der Waals surface area contributed by atoms with E-state index in [0.717, 1.165) is 11.8 Å². The lowest BCUT2D eigenvalue weighted by molar-refractivity contribution is 0.0696. The van der Waals surface area contributed by atoms with Gasteiger partial charge in [-0.2, -0.15) is 0 Å². The first kappa shape index (κ1) is 14.6. The number of ether oxygens (including phenoxy) is 2. The molecule has 0 aromatic heterocycles. The van der Waals surface area contributed by atoms with Crippen molar-refractivity contribution in [3.63, 3.8) is 0 Å². The quantitative estimate of drug-likeness (QED) is 0.827. The lowest BCUT2D eigenvalue weighted by atomic mass is 10.1. The van der Waals surface area contributed by atoms with Gasteiger partial charge in [0.05, 0.1) is 12.7 Å². The first-order valence-corrected chi connectivity index (χ1v) is 6.22. The summed E-state index contributed by atoms with van der Waals surface area (Å²) in [5.74, 6) is -0.0393. The Morgan fingerprint density at radius 3 is 2.67 bits per heavy atom. The zero-order valence-corrected chi connectivity index (χ0v) is 11.4. The molecule has 5 nitrogen and oxygen atoms in total. The van der Waals surface area contributed by atoms with Crippen molar-refractivity contribution in [3.8, 4) is 11.5 Å². The van der Waals surface area contributed by atoms with E-state index < -0.39 is 5.97 Å². The molecule has 0 aliphatic carbocycles. The number of aldehydes is 1. The van der Waals surface area contributed by atoms with E-state index >= 15 is 0 Å². The number of rotatable bonds is 6. The summed E-state index contributed by atoms with van der Waals surface area (Å²) in [5.41, 5.74) is 1.43. The van der Waals surface area contributed by atoms with Gasteiger partial charge in [0.25, 0.3) is 0 Å². The average molecular weight is 286 g/mol. The molecule has 108 valence electrons. The first-order valence-electron chi connectivity index (χ1n) is 6.22. The van der Waals surface area contributed by atoms with Crippen LogP contribution in [0.1, 0.15) is 26.3 Å². The molecule has 0 spiro atoms. The SMILES string of the molecule is COc1cc(C=O)ccc1OCc1cccc(C(=O)O)c1. The number of benzene rings is 2. The van der Waals surface area contributed by atoms with Crippen LogP contribution in [0.5, 0.6) is 11.5 Å². The van der Waals surface area contributed by atoms with Crippen LogP contribution >= 0.6 is 0 Å². The van der Waals surface area contributed by atoms with Gasteiger partial charge in [-0.15, -0.1) is 0 Å². The fourth-order valence-electron chi connectivity index (χ4n) is 1.83. The van der Waals surface area contributed by atoms with E-state index in [9.17, 15) is 9.59 Å². The van der Waals surface area contributed by atoms with Gasteiger partial charge in [0.1, 0.15) is 12.9 Å². The molecule has 1 N–H and O–H groups in total.